The second-order valence-corrected chi connectivity index (χ2v) is 13.2. The molecule has 2 aromatic rings. The smallest absolute Gasteiger partial charge is 0.414 e. The molecule has 0 aliphatic carbocycles. The predicted molar refractivity (Wildman–Crippen MR) is 150 cm³/mol. The molecule has 0 spiro atoms. The average Bonchev–Trinajstić information content (AvgIpc) is 3.49. The molecule has 0 radical (unpaired) electrons. The van der Waals surface area contributed by atoms with Crippen molar-refractivity contribution in [2.45, 2.75) is 68.8 Å². The molecule has 1 fully saturated rings. The van der Waals surface area contributed by atoms with Gasteiger partial charge in [0.15, 0.2) is 0 Å². The molecule has 0 unspecified atom stereocenters. The maximum Gasteiger partial charge on any atom is 0.414 e. The Kier molecular flexibility index (Phi) is 10.2. The van der Waals surface area contributed by atoms with Gasteiger partial charge in [-0.15, -0.1) is 11.8 Å². The van der Waals surface area contributed by atoms with Crippen LogP contribution in [0.15, 0.2) is 35.4 Å². The fourth-order valence-electron chi connectivity index (χ4n) is 3.91. The minimum atomic E-state index is -4.53. The van der Waals surface area contributed by atoms with E-state index >= 15 is 0 Å². The van der Waals surface area contributed by atoms with E-state index in [1.165, 1.54) is 35.7 Å². The van der Waals surface area contributed by atoms with Gasteiger partial charge in [-0.25, -0.2) is 22.3 Å². The third-order valence-corrected chi connectivity index (χ3v) is 9.58. The Bertz CT molecular complexity index is 1310. The van der Waals surface area contributed by atoms with Crippen molar-refractivity contribution in [1.82, 2.24) is 24.7 Å². The Labute approximate surface area is 239 Å². The van der Waals surface area contributed by atoms with Gasteiger partial charge >= 0.3 is 12.1 Å². The number of aromatic nitrogens is 2. The number of H-pyrrole nitrogens is 1. The highest BCUT2D eigenvalue weighted by Crippen LogP contribution is 2.31. The lowest BCUT2D eigenvalue weighted by atomic mass is 10.1. The summed E-state index contributed by atoms with van der Waals surface area (Å²) >= 11 is 1.28. The number of rotatable bonds is 11. The van der Waals surface area contributed by atoms with E-state index in [1.54, 1.807) is 26.2 Å². The second kappa shape index (κ2) is 13.0. The van der Waals surface area contributed by atoms with E-state index in [0.717, 1.165) is 12.6 Å². The summed E-state index contributed by atoms with van der Waals surface area (Å²) < 4.78 is 39.4. The van der Waals surface area contributed by atoms with Gasteiger partial charge in [-0.3, -0.25) is 15.2 Å². The van der Waals surface area contributed by atoms with Gasteiger partial charge in [-0.2, -0.15) is 5.10 Å². The standard InChI is InChI=1S/C26H37N5O7S2/c1-7-8-13-37-24(33)20(14-18-9-11-19(12-10-18)38-25(34)30(5)6)31(23(32)22-28-26(3,4)16-39-22)40(35,36)21-15-27-29-17(21)2/h9-12,15,20,22,28H,7-8,13-14,16H2,1-6H3,(H,27,29)/t20-,22-/m0/s1. The van der Waals surface area contributed by atoms with E-state index in [9.17, 15) is 22.8 Å². The number of hydrogen-bond acceptors (Lipinski definition) is 10. The summed E-state index contributed by atoms with van der Waals surface area (Å²) in [5.74, 6) is -0.768. The van der Waals surface area contributed by atoms with Gasteiger partial charge < -0.3 is 14.4 Å². The summed E-state index contributed by atoms with van der Waals surface area (Å²) in [5, 5.41) is 8.69. The van der Waals surface area contributed by atoms with Crippen LogP contribution in [0.2, 0.25) is 0 Å². The van der Waals surface area contributed by atoms with Crippen molar-refractivity contribution in [2.75, 3.05) is 26.5 Å². The van der Waals surface area contributed by atoms with Crippen molar-refractivity contribution in [3.05, 3.63) is 41.7 Å². The number of nitrogens with zero attached hydrogens (tertiary/aromatic N) is 3. The first kappa shape index (κ1) is 31.4. The highest BCUT2D eigenvalue weighted by atomic mass is 32.2. The van der Waals surface area contributed by atoms with Crippen molar-refractivity contribution in [3.8, 4) is 5.75 Å². The first-order valence-electron chi connectivity index (χ1n) is 12.9. The number of aryl methyl sites for hydroxylation is 1. The number of nitrogens with one attached hydrogen (secondary N) is 2. The van der Waals surface area contributed by atoms with E-state index in [1.807, 2.05) is 20.8 Å². The van der Waals surface area contributed by atoms with Crippen molar-refractivity contribution < 1.29 is 32.3 Å². The number of sulfonamides is 1. The molecule has 14 heteroatoms. The Morgan fingerprint density at radius 3 is 2.40 bits per heavy atom. The van der Waals surface area contributed by atoms with E-state index in [4.69, 9.17) is 9.47 Å². The maximum atomic E-state index is 14.0. The number of carbonyl (C=O) groups excluding carboxylic acids is 3. The van der Waals surface area contributed by atoms with Crippen LogP contribution in [0.3, 0.4) is 0 Å². The van der Waals surface area contributed by atoms with Gasteiger partial charge in [0.05, 0.1) is 18.5 Å². The number of benzene rings is 1. The molecule has 1 saturated heterocycles. The van der Waals surface area contributed by atoms with Gasteiger partial charge in [0.2, 0.25) is 0 Å². The molecule has 12 nitrogen and oxygen atoms in total. The van der Waals surface area contributed by atoms with E-state index in [-0.39, 0.29) is 29.4 Å². The predicted octanol–water partition coefficient (Wildman–Crippen LogP) is 2.69. The molecule has 2 N–H and O–H groups in total. The Hall–Kier alpha value is -3.10. The molecule has 2 heterocycles. The minimum absolute atomic E-state index is 0.0849. The van der Waals surface area contributed by atoms with Crippen LogP contribution in [-0.2, 0) is 30.8 Å². The zero-order valence-electron chi connectivity index (χ0n) is 23.6. The highest BCUT2D eigenvalue weighted by molar-refractivity contribution is 8.01. The lowest BCUT2D eigenvalue weighted by Crippen LogP contribution is -2.56. The first-order chi connectivity index (χ1) is 18.8. The fraction of sp³-hybridized carbons (Fsp3) is 0.538. The monoisotopic (exact) mass is 595 g/mol. The van der Waals surface area contributed by atoms with Gasteiger partial charge in [0, 0.05) is 31.8 Å². The quantitative estimate of drug-likeness (QED) is 0.293. The molecule has 2 atom stereocenters. The van der Waals surface area contributed by atoms with E-state index in [0.29, 0.717) is 22.0 Å². The van der Waals surface area contributed by atoms with Crippen LogP contribution in [0.4, 0.5) is 4.79 Å². The summed E-state index contributed by atoms with van der Waals surface area (Å²) in [6, 6.07) is 4.79. The summed E-state index contributed by atoms with van der Waals surface area (Å²) in [5.41, 5.74) is 0.352. The average molecular weight is 596 g/mol. The van der Waals surface area contributed by atoms with Crippen LogP contribution in [0.25, 0.3) is 0 Å². The zero-order chi connectivity index (χ0) is 29.7. The van der Waals surface area contributed by atoms with Gasteiger partial charge in [-0.05, 0) is 44.9 Å². The summed E-state index contributed by atoms with van der Waals surface area (Å²) in [6.07, 6.45) is 1.75. The number of thioether (sulfide) groups is 1. The lowest BCUT2D eigenvalue weighted by Gasteiger charge is -2.31. The minimum Gasteiger partial charge on any atom is -0.464 e. The third kappa shape index (κ3) is 7.55. The Morgan fingerprint density at radius 2 is 1.88 bits per heavy atom. The summed E-state index contributed by atoms with van der Waals surface area (Å²) in [4.78, 5) is 40.4. The number of carbonyl (C=O) groups is 3. The van der Waals surface area contributed by atoms with Crippen LogP contribution in [0, 0.1) is 6.92 Å². The normalized spacial score (nSPS) is 17.2. The van der Waals surface area contributed by atoms with Crippen molar-refractivity contribution in [3.63, 3.8) is 0 Å². The number of esters is 1. The maximum absolute atomic E-state index is 14.0. The molecule has 1 aliphatic heterocycles. The number of unbranched alkanes of at least 4 members (excludes halogenated alkanes) is 1. The van der Waals surface area contributed by atoms with E-state index in [2.05, 4.69) is 15.5 Å². The molecule has 3 rings (SSSR count). The molecule has 40 heavy (non-hydrogen) atoms. The molecule has 0 saturated carbocycles. The summed E-state index contributed by atoms with van der Waals surface area (Å²) in [6.45, 7) is 7.36. The van der Waals surface area contributed by atoms with Crippen molar-refractivity contribution >= 4 is 39.8 Å². The van der Waals surface area contributed by atoms with Gasteiger partial charge in [0.1, 0.15) is 22.1 Å². The van der Waals surface area contributed by atoms with Gasteiger partial charge in [0.25, 0.3) is 15.9 Å². The Balaban J connectivity index is 2.03. The molecular formula is C26H37N5O7S2. The molecule has 1 aromatic heterocycles. The topological polar surface area (TPSA) is 151 Å². The molecule has 220 valence electrons. The van der Waals surface area contributed by atoms with Crippen molar-refractivity contribution in [2.24, 2.45) is 0 Å². The first-order valence-corrected chi connectivity index (χ1v) is 15.4. The van der Waals surface area contributed by atoms with E-state index < -0.39 is 44.9 Å². The third-order valence-electron chi connectivity index (χ3n) is 6.11. The van der Waals surface area contributed by atoms with Crippen LogP contribution >= 0.6 is 11.8 Å². The second-order valence-electron chi connectivity index (χ2n) is 10.4. The van der Waals surface area contributed by atoms with Gasteiger partial charge in [-0.1, -0.05) is 25.5 Å². The number of hydrogen-bond donors (Lipinski definition) is 2. The molecular weight excluding hydrogens is 558 g/mol. The molecule has 2 amide bonds. The highest BCUT2D eigenvalue weighted by Gasteiger charge is 2.47. The van der Waals surface area contributed by atoms with Crippen molar-refractivity contribution in [1.29, 1.82) is 0 Å². The van der Waals surface area contributed by atoms with Crippen LogP contribution in [-0.4, -0.2) is 89.2 Å². The fourth-order valence-corrected chi connectivity index (χ4v) is 6.97. The Morgan fingerprint density at radius 1 is 1.20 bits per heavy atom. The number of aromatic amines is 1. The molecule has 1 aromatic carbocycles. The van der Waals surface area contributed by atoms with Crippen LogP contribution in [0.5, 0.6) is 5.75 Å². The van der Waals surface area contributed by atoms with Crippen LogP contribution < -0.4 is 10.1 Å². The zero-order valence-corrected chi connectivity index (χ0v) is 25.2. The lowest BCUT2D eigenvalue weighted by molar-refractivity contribution is -0.151. The molecule has 1 aliphatic rings. The summed E-state index contributed by atoms with van der Waals surface area (Å²) in [7, 11) is -1.42. The largest absolute Gasteiger partial charge is 0.464 e. The SMILES string of the molecule is CCCCOC(=O)[C@H](Cc1ccc(OC(=O)N(C)C)cc1)N(C(=O)[C@H]1NC(C)(C)CS1)S(=O)(=O)c1cn[nH]c1C. The number of amides is 2. The van der Waals surface area contributed by atoms with Crippen LogP contribution in [0.1, 0.15) is 44.9 Å². The molecule has 0 bridgehead atoms. The number of ether oxygens (including phenoxy) is 2.